The van der Waals surface area contributed by atoms with Crippen molar-refractivity contribution in [2.24, 2.45) is 23.5 Å². The maximum Gasteiger partial charge on any atom is 0.233 e. The van der Waals surface area contributed by atoms with E-state index in [4.69, 9.17) is 5.73 Å². The Balaban J connectivity index is 1.55. The summed E-state index contributed by atoms with van der Waals surface area (Å²) in [6, 6.07) is 0.280. The zero-order chi connectivity index (χ0) is 11.3. The second kappa shape index (κ2) is 3.55. The highest BCUT2D eigenvalue weighted by atomic mass is 16.2. The second-order valence-corrected chi connectivity index (χ2v) is 5.42. The fourth-order valence-electron chi connectivity index (χ4n) is 3.19. The number of fused-ring (bicyclic) bond motifs is 1. The van der Waals surface area contributed by atoms with Gasteiger partial charge in [-0.15, -0.1) is 0 Å². The first-order valence-electron chi connectivity index (χ1n) is 6.29. The number of piperidine rings is 1. The summed E-state index contributed by atoms with van der Waals surface area (Å²) in [7, 11) is 0. The largest absolute Gasteiger partial charge is 0.327 e. The van der Waals surface area contributed by atoms with Gasteiger partial charge in [0, 0.05) is 12.6 Å². The molecular weight excluding hydrogens is 204 g/mol. The highest BCUT2D eigenvalue weighted by Gasteiger charge is 2.58. The van der Waals surface area contributed by atoms with Gasteiger partial charge in [-0.3, -0.25) is 14.5 Å². The van der Waals surface area contributed by atoms with Gasteiger partial charge in [-0.2, -0.15) is 0 Å². The molecule has 3 rings (SSSR count). The van der Waals surface area contributed by atoms with Crippen molar-refractivity contribution in [1.29, 1.82) is 0 Å². The molecule has 2 amide bonds. The van der Waals surface area contributed by atoms with Crippen LogP contribution in [0.25, 0.3) is 0 Å². The number of nitrogens with two attached hydrogens (primary N) is 1. The average Bonchev–Trinajstić information content (AvgIpc) is 2.91. The molecule has 4 unspecified atom stereocenters. The van der Waals surface area contributed by atoms with Gasteiger partial charge in [0.25, 0.3) is 0 Å². The van der Waals surface area contributed by atoms with Gasteiger partial charge in [-0.25, -0.2) is 0 Å². The summed E-state index contributed by atoms with van der Waals surface area (Å²) in [5.74, 6) is 0.746. The Morgan fingerprint density at radius 2 is 1.88 bits per heavy atom. The SMILES string of the molecule is NC1CCCC1CCN1C(=O)C2CC2C1=O. The van der Waals surface area contributed by atoms with Crippen LogP contribution in [-0.4, -0.2) is 29.3 Å². The first kappa shape index (κ1) is 10.3. The van der Waals surface area contributed by atoms with E-state index < -0.39 is 0 Å². The van der Waals surface area contributed by atoms with E-state index in [1.54, 1.807) is 0 Å². The quantitative estimate of drug-likeness (QED) is 0.708. The fraction of sp³-hybridized carbons (Fsp3) is 0.833. The van der Waals surface area contributed by atoms with Crippen molar-refractivity contribution in [3.05, 3.63) is 0 Å². The van der Waals surface area contributed by atoms with Crippen LogP contribution < -0.4 is 5.73 Å². The summed E-state index contributed by atoms with van der Waals surface area (Å²) >= 11 is 0. The van der Waals surface area contributed by atoms with Crippen molar-refractivity contribution in [3.8, 4) is 0 Å². The van der Waals surface area contributed by atoms with Gasteiger partial charge in [0.15, 0.2) is 0 Å². The first-order chi connectivity index (χ1) is 7.68. The standard InChI is InChI=1S/C12H18N2O2/c13-10-3-1-2-7(10)4-5-14-11(15)8-6-9(8)12(14)16/h7-10H,1-6,13H2. The Bertz CT molecular complexity index is 322. The van der Waals surface area contributed by atoms with E-state index in [1.807, 2.05) is 0 Å². The first-order valence-corrected chi connectivity index (χ1v) is 6.29. The second-order valence-electron chi connectivity index (χ2n) is 5.42. The fourth-order valence-corrected chi connectivity index (χ4v) is 3.19. The number of imide groups is 1. The normalized spacial score (nSPS) is 41.7. The zero-order valence-electron chi connectivity index (χ0n) is 9.39. The molecule has 4 atom stereocenters. The predicted molar refractivity (Wildman–Crippen MR) is 58.3 cm³/mol. The molecule has 3 aliphatic rings. The molecule has 0 aromatic rings. The van der Waals surface area contributed by atoms with Gasteiger partial charge in [0.1, 0.15) is 0 Å². The molecule has 0 aromatic carbocycles. The molecule has 16 heavy (non-hydrogen) atoms. The minimum atomic E-state index is 0.0461. The molecule has 2 N–H and O–H groups in total. The molecule has 3 fully saturated rings. The Labute approximate surface area is 95.2 Å². The maximum atomic E-state index is 11.7. The van der Waals surface area contributed by atoms with Crippen LogP contribution in [0.15, 0.2) is 0 Å². The van der Waals surface area contributed by atoms with Crippen LogP contribution in [-0.2, 0) is 9.59 Å². The lowest BCUT2D eigenvalue weighted by molar-refractivity contribution is -0.141. The maximum absolute atomic E-state index is 11.7. The Morgan fingerprint density at radius 1 is 1.19 bits per heavy atom. The summed E-state index contributed by atoms with van der Waals surface area (Å²) in [5, 5.41) is 0. The molecule has 1 aliphatic heterocycles. The third kappa shape index (κ3) is 1.47. The van der Waals surface area contributed by atoms with E-state index in [1.165, 1.54) is 11.3 Å². The predicted octanol–water partition coefficient (Wildman–Crippen LogP) is 0.509. The third-order valence-corrected chi connectivity index (χ3v) is 4.40. The topological polar surface area (TPSA) is 63.4 Å². The van der Waals surface area contributed by atoms with Gasteiger partial charge in [-0.1, -0.05) is 6.42 Å². The lowest BCUT2D eigenvalue weighted by Gasteiger charge is -2.20. The molecule has 4 nitrogen and oxygen atoms in total. The van der Waals surface area contributed by atoms with Crippen molar-refractivity contribution in [2.45, 2.75) is 38.1 Å². The number of hydrogen-bond donors (Lipinski definition) is 1. The van der Waals surface area contributed by atoms with Crippen LogP contribution in [0.4, 0.5) is 0 Å². The Morgan fingerprint density at radius 3 is 2.44 bits per heavy atom. The number of carbonyl (C=O) groups is 2. The van der Waals surface area contributed by atoms with E-state index in [-0.39, 0.29) is 29.7 Å². The summed E-state index contributed by atoms with van der Waals surface area (Å²) in [5.41, 5.74) is 5.98. The number of rotatable bonds is 3. The van der Waals surface area contributed by atoms with E-state index >= 15 is 0 Å². The van der Waals surface area contributed by atoms with E-state index in [0.717, 1.165) is 25.7 Å². The highest BCUT2D eigenvalue weighted by Crippen LogP contribution is 2.47. The van der Waals surface area contributed by atoms with Crippen LogP contribution in [0.2, 0.25) is 0 Å². The molecule has 0 bridgehead atoms. The van der Waals surface area contributed by atoms with Crippen LogP contribution >= 0.6 is 0 Å². The van der Waals surface area contributed by atoms with Gasteiger partial charge in [0.05, 0.1) is 11.8 Å². The number of likely N-dealkylation sites (tertiary alicyclic amines) is 1. The highest BCUT2D eigenvalue weighted by molar-refractivity contribution is 6.08. The van der Waals surface area contributed by atoms with Crippen LogP contribution in [0, 0.1) is 17.8 Å². The van der Waals surface area contributed by atoms with E-state index in [0.29, 0.717) is 12.5 Å². The average molecular weight is 222 g/mol. The van der Waals surface area contributed by atoms with Gasteiger partial charge in [0.2, 0.25) is 11.8 Å². The summed E-state index contributed by atoms with van der Waals surface area (Å²) in [6.07, 6.45) is 5.15. The van der Waals surface area contributed by atoms with Crippen LogP contribution in [0.1, 0.15) is 32.1 Å². The molecule has 2 aliphatic carbocycles. The van der Waals surface area contributed by atoms with Gasteiger partial charge < -0.3 is 5.73 Å². The minimum Gasteiger partial charge on any atom is -0.327 e. The molecule has 0 aromatic heterocycles. The third-order valence-electron chi connectivity index (χ3n) is 4.40. The monoisotopic (exact) mass is 222 g/mol. The molecule has 1 heterocycles. The molecule has 88 valence electrons. The van der Waals surface area contributed by atoms with E-state index in [9.17, 15) is 9.59 Å². The molecular formula is C12H18N2O2. The number of carbonyl (C=O) groups excluding carboxylic acids is 2. The minimum absolute atomic E-state index is 0.0461. The van der Waals surface area contributed by atoms with Crippen molar-refractivity contribution < 1.29 is 9.59 Å². The van der Waals surface area contributed by atoms with Crippen molar-refractivity contribution >= 4 is 11.8 Å². The Hall–Kier alpha value is -0.900. The number of amides is 2. The molecule has 0 spiro atoms. The van der Waals surface area contributed by atoms with Crippen LogP contribution in [0.5, 0.6) is 0 Å². The molecule has 1 saturated heterocycles. The number of nitrogens with zero attached hydrogens (tertiary/aromatic N) is 1. The lowest BCUT2D eigenvalue weighted by atomic mass is 10.00. The summed E-state index contributed by atoms with van der Waals surface area (Å²) in [6.45, 7) is 0.600. The molecule has 2 saturated carbocycles. The van der Waals surface area contributed by atoms with Crippen molar-refractivity contribution in [1.82, 2.24) is 4.90 Å². The molecule has 0 radical (unpaired) electrons. The zero-order valence-corrected chi connectivity index (χ0v) is 9.39. The Kier molecular flexibility index (Phi) is 2.28. The number of hydrogen-bond acceptors (Lipinski definition) is 3. The van der Waals surface area contributed by atoms with Gasteiger partial charge in [-0.05, 0) is 31.6 Å². The van der Waals surface area contributed by atoms with Crippen LogP contribution in [0.3, 0.4) is 0 Å². The summed E-state index contributed by atoms with van der Waals surface area (Å²) in [4.78, 5) is 24.9. The van der Waals surface area contributed by atoms with Crippen molar-refractivity contribution in [3.63, 3.8) is 0 Å². The summed E-state index contributed by atoms with van der Waals surface area (Å²) < 4.78 is 0. The van der Waals surface area contributed by atoms with E-state index in [2.05, 4.69) is 0 Å². The smallest absolute Gasteiger partial charge is 0.233 e. The van der Waals surface area contributed by atoms with Crippen molar-refractivity contribution in [2.75, 3.05) is 6.54 Å². The molecule has 4 heteroatoms. The van der Waals surface area contributed by atoms with Gasteiger partial charge >= 0.3 is 0 Å². The lowest BCUT2D eigenvalue weighted by Crippen LogP contribution is -2.36.